The van der Waals surface area contributed by atoms with E-state index in [4.69, 9.17) is 11.6 Å². The van der Waals surface area contributed by atoms with Crippen molar-refractivity contribution in [1.29, 1.82) is 0 Å². The second-order valence-electron chi connectivity index (χ2n) is 4.43. The van der Waals surface area contributed by atoms with E-state index in [1.807, 2.05) is 6.07 Å². The first-order chi connectivity index (χ1) is 8.44. The molecule has 0 spiro atoms. The van der Waals surface area contributed by atoms with Crippen molar-refractivity contribution in [3.8, 4) is 0 Å². The van der Waals surface area contributed by atoms with Gasteiger partial charge in [0.15, 0.2) is 0 Å². The van der Waals surface area contributed by atoms with E-state index >= 15 is 0 Å². The van der Waals surface area contributed by atoms with Gasteiger partial charge in [0, 0.05) is 24.7 Å². The van der Waals surface area contributed by atoms with Crippen molar-refractivity contribution in [2.45, 2.75) is 6.54 Å². The second kappa shape index (κ2) is 8.15. The van der Waals surface area contributed by atoms with Gasteiger partial charge >= 0.3 is 59.1 Å². The molecular weight excluding hydrogens is 304 g/mol. The van der Waals surface area contributed by atoms with Gasteiger partial charge in [0.05, 0.1) is 17.4 Å². The van der Waals surface area contributed by atoms with Crippen LogP contribution in [0.5, 0.6) is 0 Å². The van der Waals surface area contributed by atoms with Crippen molar-refractivity contribution in [2.75, 3.05) is 13.1 Å². The van der Waals surface area contributed by atoms with Crippen LogP contribution in [-0.2, 0) is 16.1 Å². The Balaban J connectivity index is 0.00000180. The Labute approximate surface area is 165 Å². The van der Waals surface area contributed by atoms with Crippen LogP contribution in [0.4, 0.5) is 0 Å². The molecule has 1 heterocycles. The van der Waals surface area contributed by atoms with Gasteiger partial charge in [-0.15, -0.1) is 0 Å². The Morgan fingerprint density at radius 2 is 1.75 bits per heavy atom. The smallest absolute Gasteiger partial charge is 0.549 e. The Kier molecular flexibility index (Phi) is 8.32. The minimum absolute atomic E-state index is 0. The fourth-order valence-electron chi connectivity index (χ4n) is 2.06. The van der Waals surface area contributed by atoms with Gasteiger partial charge in [-0.1, -0.05) is 23.7 Å². The molecule has 1 fully saturated rings. The van der Waals surface area contributed by atoms with Crippen LogP contribution in [0.1, 0.15) is 5.56 Å². The van der Waals surface area contributed by atoms with Crippen LogP contribution in [0.2, 0.25) is 5.02 Å². The summed E-state index contributed by atoms with van der Waals surface area (Å²) >= 11 is 5.82. The standard InChI is InChI=1S/C12H12ClNO4.2Na/c13-9-3-1-2-8(4-9)5-14-6-12(7-14,10(15)16)11(17)18;;/h1-4H,5-7H2,(H,15,16)(H,17,18);;/q;2*+1/p-2. The zero-order chi connectivity index (χ0) is 13.3. The third-order valence-electron chi connectivity index (χ3n) is 3.06. The molecule has 1 aliphatic rings. The van der Waals surface area contributed by atoms with Crippen molar-refractivity contribution in [1.82, 2.24) is 4.90 Å². The number of halogens is 1. The summed E-state index contributed by atoms with van der Waals surface area (Å²) < 4.78 is 0. The van der Waals surface area contributed by atoms with Gasteiger partial charge in [0.2, 0.25) is 0 Å². The quantitative estimate of drug-likeness (QED) is 0.407. The number of hydrogen-bond donors (Lipinski definition) is 0. The van der Waals surface area contributed by atoms with Gasteiger partial charge in [0.1, 0.15) is 0 Å². The first-order valence-corrected chi connectivity index (χ1v) is 5.71. The zero-order valence-electron chi connectivity index (χ0n) is 11.4. The summed E-state index contributed by atoms with van der Waals surface area (Å²) in [7, 11) is 0. The van der Waals surface area contributed by atoms with Crippen LogP contribution in [0, 0.1) is 5.41 Å². The van der Waals surface area contributed by atoms with Crippen LogP contribution in [0.25, 0.3) is 0 Å². The molecule has 0 aliphatic carbocycles. The average molecular weight is 314 g/mol. The summed E-state index contributed by atoms with van der Waals surface area (Å²) in [6.45, 7) is 0.233. The molecule has 0 radical (unpaired) electrons. The molecule has 0 aromatic heterocycles. The number of carbonyl (C=O) groups is 2. The monoisotopic (exact) mass is 313 g/mol. The molecular formula is C12H10ClNNa2O4. The van der Waals surface area contributed by atoms with Crippen LogP contribution < -0.4 is 69.3 Å². The number of nitrogens with zero attached hydrogens (tertiary/aromatic N) is 1. The van der Waals surface area contributed by atoms with Crippen molar-refractivity contribution in [3.63, 3.8) is 0 Å². The molecule has 0 N–H and O–H groups in total. The molecule has 5 nitrogen and oxygen atoms in total. The molecule has 0 atom stereocenters. The molecule has 1 aromatic carbocycles. The summed E-state index contributed by atoms with van der Waals surface area (Å²) in [5, 5.41) is 22.2. The molecule has 8 heteroatoms. The van der Waals surface area contributed by atoms with Gasteiger partial charge in [-0.2, -0.15) is 0 Å². The van der Waals surface area contributed by atoms with Crippen LogP contribution in [0.3, 0.4) is 0 Å². The molecule has 2 rings (SSSR count). The van der Waals surface area contributed by atoms with Crippen molar-refractivity contribution < 1.29 is 78.9 Å². The number of aliphatic carboxylic acids is 2. The van der Waals surface area contributed by atoms with E-state index in [1.54, 1.807) is 23.1 Å². The third-order valence-corrected chi connectivity index (χ3v) is 3.30. The number of likely N-dealkylation sites (tertiary alicyclic amines) is 1. The van der Waals surface area contributed by atoms with Gasteiger partial charge in [-0.25, -0.2) is 0 Å². The average Bonchev–Trinajstić information content (AvgIpc) is 2.21. The summed E-state index contributed by atoms with van der Waals surface area (Å²) in [4.78, 5) is 23.3. The molecule has 0 saturated carbocycles. The first-order valence-electron chi connectivity index (χ1n) is 5.34. The maximum atomic E-state index is 10.8. The molecule has 1 aromatic rings. The summed E-state index contributed by atoms with van der Waals surface area (Å²) in [6.07, 6.45) is 0. The number of carboxylic acid groups (broad SMARTS) is 2. The van der Waals surface area contributed by atoms with Crippen molar-refractivity contribution in [3.05, 3.63) is 34.9 Å². The molecule has 0 bridgehead atoms. The number of hydrogen-bond acceptors (Lipinski definition) is 5. The summed E-state index contributed by atoms with van der Waals surface area (Å²) in [5.74, 6) is -3.19. The van der Waals surface area contributed by atoms with E-state index < -0.39 is 17.4 Å². The topological polar surface area (TPSA) is 83.5 Å². The summed E-state index contributed by atoms with van der Waals surface area (Å²) in [6, 6.07) is 7.10. The molecule has 96 valence electrons. The number of carboxylic acids is 2. The van der Waals surface area contributed by atoms with Crippen LogP contribution >= 0.6 is 11.6 Å². The van der Waals surface area contributed by atoms with E-state index in [-0.39, 0.29) is 72.2 Å². The Morgan fingerprint density at radius 3 is 2.20 bits per heavy atom. The number of carbonyl (C=O) groups excluding carboxylic acids is 2. The fraction of sp³-hybridized carbons (Fsp3) is 0.333. The third kappa shape index (κ3) is 4.21. The minimum Gasteiger partial charge on any atom is -0.549 e. The molecule has 1 aliphatic heterocycles. The Bertz CT molecular complexity index is 490. The second-order valence-corrected chi connectivity index (χ2v) is 4.87. The van der Waals surface area contributed by atoms with Crippen molar-refractivity contribution in [2.24, 2.45) is 5.41 Å². The van der Waals surface area contributed by atoms with Gasteiger partial charge < -0.3 is 19.8 Å². The van der Waals surface area contributed by atoms with E-state index in [9.17, 15) is 19.8 Å². The van der Waals surface area contributed by atoms with Crippen LogP contribution in [-0.4, -0.2) is 29.9 Å². The molecule has 0 unspecified atom stereocenters. The van der Waals surface area contributed by atoms with E-state index in [1.165, 1.54) is 0 Å². The van der Waals surface area contributed by atoms with E-state index in [0.29, 0.717) is 11.6 Å². The predicted molar refractivity (Wildman–Crippen MR) is 59.2 cm³/mol. The molecule has 0 amide bonds. The fourth-order valence-corrected chi connectivity index (χ4v) is 2.28. The number of benzene rings is 1. The van der Waals surface area contributed by atoms with E-state index in [2.05, 4.69) is 0 Å². The first kappa shape index (κ1) is 20.4. The molecule has 1 saturated heterocycles. The minimum atomic E-state index is -1.88. The van der Waals surface area contributed by atoms with Crippen molar-refractivity contribution >= 4 is 23.5 Å². The summed E-state index contributed by atoms with van der Waals surface area (Å²) in [5.41, 5.74) is -0.980. The SMILES string of the molecule is O=C([O-])C1(C(=O)[O-])CN(Cc2cccc(Cl)c2)C1.[Na+].[Na+]. The zero-order valence-corrected chi connectivity index (χ0v) is 16.1. The Morgan fingerprint density at radius 1 is 1.20 bits per heavy atom. The Hall–Kier alpha value is 0.410. The number of rotatable bonds is 4. The van der Waals surface area contributed by atoms with Gasteiger partial charge in [0.25, 0.3) is 0 Å². The predicted octanol–water partition coefficient (Wildman–Crippen LogP) is -7.35. The normalized spacial score (nSPS) is 16.2. The maximum Gasteiger partial charge on any atom is 1.00 e. The van der Waals surface area contributed by atoms with Crippen LogP contribution in [0.15, 0.2) is 24.3 Å². The van der Waals surface area contributed by atoms with Gasteiger partial charge in [-0.3, -0.25) is 4.90 Å². The van der Waals surface area contributed by atoms with Gasteiger partial charge in [-0.05, 0) is 17.7 Å². The van der Waals surface area contributed by atoms with E-state index in [0.717, 1.165) is 5.56 Å². The largest absolute Gasteiger partial charge is 1.00 e. The molecule has 20 heavy (non-hydrogen) atoms. The maximum absolute atomic E-state index is 10.8.